The molecule has 8 nitrogen and oxygen atoms in total. The lowest BCUT2D eigenvalue weighted by Crippen LogP contribution is -2.30. The van der Waals surface area contributed by atoms with Gasteiger partial charge < -0.3 is 15.0 Å². The van der Waals surface area contributed by atoms with E-state index in [0.717, 1.165) is 4.88 Å². The number of carbonyl (C=O) groups is 2. The summed E-state index contributed by atoms with van der Waals surface area (Å²) in [4.78, 5) is 38.6. The maximum absolute atomic E-state index is 13.1. The SMILES string of the molecule is CCC(C(=O)O)n1cccc(-c2cc(NCc3ccc(Cl)s3)n(C(=O)C(C)(C)C)n2)c1=O. The van der Waals surface area contributed by atoms with Gasteiger partial charge in [-0.25, -0.2) is 4.79 Å². The standard InChI is InChI=1S/C22H25ClN4O4S/c1-5-16(20(29)30)26-10-6-7-14(19(26)28)15-11-18(24-12-13-8-9-17(23)32-13)27(25-15)21(31)22(2,3)4/h6-11,16,24H,5,12H2,1-4H3,(H,29,30). The van der Waals surface area contributed by atoms with E-state index in [2.05, 4.69) is 10.4 Å². The quantitative estimate of drug-likeness (QED) is 0.509. The molecule has 0 fully saturated rings. The first-order chi connectivity index (χ1) is 15.0. The van der Waals surface area contributed by atoms with E-state index in [1.54, 1.807) is 52.0 Å². The van der Waals surface area contributed by atoms with Crippen LogP contribution in [0.4, 0.5) is 5.82 Å². The molecule has 2 N–H and O–H groups in total. The second-order valence-electron chi connectivity index (χ2n) is 8.34. The van der Waals surface area contributed by atoms with Crippen LogP contribution in [0.2, 0.25) is 4.34 Å². The number of nitrogens with zero attached hydrogens (tertiary/aromatic N) is 3. The molecule has 3 aromatic rings. The molecule has 0 spiro atoms. The van der Waals surface area contributed by atoms with Gasteiger partial charge in [-0.2, -0.15) is 9.78 Å². The van der Waals surface area contributed by atoms with E-state index in [1.807, 2.05) is 6.07 Å². The molecular formula is C22H25ClN4O4S. The number of aliphatic carboxylic acids is 1. The summed E-state index contributed by atoms with van der Waals surface area (Å²) in [5, 5.41) is 17.1. The van der Waals surface area contributed by atoms with Gasteiger partial charge in [-0.3, -0.25) is 9.59 Å². The molecule has 3 rings (SSSR count). The molecule has 170 valence electrons. The number of thiophene rings is 1. The van der Waals surface area contributed by atoms with Crippen molar-refractivity contribution in [3.63, 3.8) is 0 Å². The van der Waals surface area contributed by atoms with Gasteiger partial charge in [0.15, 0.2) is 0 Å². The largest absolute Gasteiger partial charge is 0.480 e. The highest BCUT2D eigenvalue weighted by Gasteiger charge is 2.28. The lowest BCUT2D eigenvalue weighted by atomic mass is 9.96. The molecule has 0 saturated heterocycles. The molecule has 1 atom stereocenters. The molecular weight excluding hydrogens is 452 g/mol. The minimum Gasteiger partial charge on any atom is -0.480 e. The van der Waals surface area contributed by atoms with Gasteiger partial charge in [-0.05, 0) is 30.7 Å². The van der Waals surface area contributed by atoms with Gasteiger partial charge in [-0.15, -0.1) is 11.3 Å². The van der Waals surface area contributed by atoms with Crippen molar-refractivity contribution in [3.8, 4) is 11.3 Å². The number of hydrogen-bond donors (Lipinski definition) is 2. The fraction of sp³-hybridized carbons (Fsp3) is 0.364. The summed E-state index contributed by atoms with van der Waals surface area (Å²) in [6, 6.07) is 7.51. The predicted octanol–water partition coefficient (Wildman–Crippen LogP) is 4.76. The Hall–Kier alpha value is -2.91. The molecule has 0 aliphatic rings. The highest BCUT2D eigenvalue weighted by atomic mass is 35.5. The summed E-state index contributed by atoms with van der Waals surface area (Å²) in [5.74, 6) is -0.898. The van der Waals surface area contributed by atoms with Crippen LogP contribution >= 0.6 is 22.9 Å². The van der Waals surface area contributed by atoms with Crippen LogP contribution in [0, 0.1) is 5.41 Å². The summed E-state index contributed by atoms with van der Waals surface area (Å²) in [7, 11) is 0. The second kappa shape index (κ2) is 9.30. The molecule has 1 unspecified atom stereocenters. The van der Waals surface area contributed by atoms with E-state index in [1.165, 1.54) is 26.8 Å². The van der Waals surface area contributed by atoms with Crippen molar-refractivity contribution in [2.75, 3.05) is 5.32 Å². The van der Waals surface area contributed by atoms with Crippen LogP contribution in [-0.4, -0.2) is 31.3 Å². The van der Waals surface area contributed by atoms with Gasteiger partial charge in [0, 0.05) is 22.6 Å². The van der Waals surface area contributed by atoms with Crippen molar-refractivity contribution in [3.05, 3.63) is 56.1 Å². The Bertz CT molecular complexity index is 1210. The topological polar surface area (TPSA) is 106 Å². The van der Waals surface area contributed by atoms with Crippen molar-refractivity contribution in [2.24, 2.45) is 5.41 Å². The Morgan fingerprint density at radius 2 is 2.00 bits per heavy atom. The first-order valence-electron chi connectivity index (χ1n) is 10.1. The average molecular weight is 477 g/mol. The zero-order valence-electron chi connectivity index (χ0n) is 18.3. The maximum Gasteiger partial charge on any atom is 0.326 e. The Labute approximate surface area is 194 Å². The fourth-order valence-electron chi connectivity index (χ4n) is 3.18. The lowest BCUT2D eigenvalue weighted by Gasteiger charge is -2.18. The van der Waals surface area contributed by atoms with Crippen LogP contribution in [-0.2, 0) is 11.3 Å². The average Bonchev–Trinajstić information content (AvgIpc) is 3.32. The molecule has 3 heterocycles. The van der Waals surface area contributed by atoms with Crippen LogP contribution in [0.25, 0.3) is 11.3 Å². The molecule has 3 aromatic heterocycles. The summed E-state index contributed by atoms with van der Waals surface area (Å²) >= 11 is 7.42. The molecule has 32 heavy (non-hydrogen) atoms. The van der Waals surface area contributed by atoms with Gasteiger partial charge in [-0.1, -0.05) is 39.3 Å². The number of halogens is 1. The predicted molar refractivity (Wildman–Crippen MR) is 126 cm³/mol. The molecule has 10 heteroatoms. The van der Waals surface area contributed by atoms with Crippen molar-refractivity contribution >= 4 is 40.6 Å². The summed E-state index contributed by atoms with van der Waals surface area (Å²) in [6.07, 6.45) is 1.71. The van der Waals surface area contributed by atoms with Crippen molar-refractivity contribution in [2.45, 2.75) is 46.7 Å². The van der Waals surface area contributed by atoms with Crippen LogP contribution in [0.3, 0.4) is 0 Å². The molecule has 0 aromatic carbocycles. The van der Waals surface area contributed by atoms with Gasteiger partial charge >= 0.3 is 5.97 Å². The van der Waals surface area contributed by atoms with Gasteiger partial charge in [0.1, 0.15) is 17.6 Å². The van der Waals surface area contributed by atoms with E-state index in [9.17, 15) is 19.5 Å². The highest BCUT2D eigenvalue weighted by Crippen LogP contribution is 2.27. The van der Waals surface area contributed by atoms with E-state index < -0.39 is 23.0 Å². The number of carbonyl (C=O) groups excluding carboxylic acids is 1. The summed E-state index contributed by atoms with van der Waals surface area (Å²) in [5.41, 5.74) is -0.686. The monoisotopic (exact) mass is 476 g/mol. The Morgan fingerprint density at radius 1 is 1.28 bits per heavy atom. The number of carboxylic acid groups (broad SMARTS) is 1. The minimum absolute atomic E-state index is 0.217. The first-order valence-corrected chi connectivity index (χ1v) is 11.3. The van der Waals surface area contributed by atoms with Crippen molar-refractivity contribution in [1.29, 1.82) is 0 Å². The van der Waals surface area contributed by atoms with Crippen LogP contribution in [0.1, 0.15) is 49.8 Å². The Kier molecular flexibility index (Phi) is 6.90. The minimum atomic E-state index is -1.09. The molecule has 0 aliphatic heterocycles. The number of pyridine rings is 1. The third kappa shape index (κ3) is 4.94. The smallest absolute Gasteiger partial charge is 0.326 e. The number of rotatable bonds is 7. The third-order valence-corrected chi connectivity index (χ3v) is 6.11. The van der Waals surface area contributed by atoms with Gasteiger partial charge in [0.25, 0.3) is 11.5 Å². The number of hydrogen-bond acceptors (Lipinski definition) is 6. The molecule has 0 amide bonds. The Balaban J connectivity index is 2.06. The van der Waals surface area contributed by atoms with Crippen molar-refractivity contribution in [1.82, 2.24) is 14.3 Å². The van der Waals surface area contributed by atoms with Crippen molar-refractivity contribution < 1.29 is 14.7 Å². The van der Waals surface area contributed by atoms with E-state index in [-0.39, 0.29) is 23.6 Å². The number of carboxylic acids is 1. The van der Waals surface area contributed by atoms with Crippen LogP contribution in [0.15, 0.2) is 41.3 Å². The summed E-state index contributed by atoms with van der Waals surface area (Å²) in [6.45, 7) is 7.48. The summed E-state index contributed by atoms with van der Waals surface area (Å²) < 4.78 is 3.11. The number of aromatic nitrogens is 3. The van der Waals surface area contributed by atoms with Gasteiger partial charge in [0.2, 0.25) is 0 Å². The fourth-order valence-corrected chi connectivity index (χ4v) is 4.20. The zero-order valence-corrected chi connectivity index (χ0v) is 19.8. The number of anilines is 1. The van der Waals surface area contributed by atoms with Crippen LogP contribution < -0.4 is 10.9 Å². The molecule has 0 aliphatic carbocycles. The molecule has 0 saturated carbocycles. The normalized spacial score (nSPS) is 12.5. The first kappa shape index (κ1) is 23.7. The van der Waals surface area contributed by atoms with E-state index in [0.29, 0.717) is 16.7 Å². The zero-order chi connectivity index (χ0) is 23.6. The Morgan fingerprint density at radius 3 is 2.56 bits per heavy atom. The second-order valence-corrected chi connectivity index (χ2v) is 10.1. The highest BCUT2D eigenvalue weighted by molar-refractivity contribution is 7.16. The van der Waals surface area contributed by atoms with Crippen LogP contribution in [0.5, 0.6) is 0 Å². The number of nitrogens with one attached hydrogen (secondary N) is 1. The lowest BCUT2D eigenvalue weighted by molar-refractivity contribution is -0.141. The van der Waals surface area contributed by atoms with Gasteiger partial charge in [0.05, 0.1) is 16.4 Å². The maximum atomic E-state index is 13.1. The third-order valence-electron chi connectivity index (χ3n) is 4.87. The molecule has 0 bridgehead atoms. The van der Waals surface area contributed by atoms with E-state index >= 15 is 0 Å². The van der Waals surface area contributed by atoms with E-state index in [4.69, 9.17) is 11.6 Å². The molecule has 0 radical (unpaired) electrons.